The minimum atomic E-state index is -0.478. The SMILES string of the molecule is Cc1cc(/C=C2\C(=O)NC(=S)N(C3CC3)C2=O)c(C)n1-c1ccc(F)cc1. The molecule has 138 valence electrons. The highest BCUT2D eigenvalue weighted by Crippen LogP contribution is 2.31. The molecule has 0 unspecified atom stereocenters. The van der Waals surface area contributed by atoms with E-state index in [1.54, 1.807) is 18.2 Å². The van der Waals surface area contributed by atoms with Crippen LogP contribution in [0.2, 0.25) is 0 Å². The first-order valence-corrected chi connectivity index (χ1v) is 9.13. The Morgan fingerprint density at radius 3 is 2.48 bits per heavy atom. The van der Waals surface area contributed by atoms with Gasteiger partial charge in [-0.05, 0) is 80.9 Å². The van der Waals surface area contributed by atoms with E-state index in [0.29, 0.717) is 0 Å². The molecule has 1 aromatic carbocycles. The van der Waals surface area contributed by atoms with Gasteiger partial charge in [0.05, 0.1) is 0 Å². The van der Waals surface area contributed by atoms with Crippen molar-refractivity contribution in [2.24, 2.45) is 0 Å². The van der Waals surface area contributed by atoms with Crippen molar-refractivity contribution < 1.29 is 14.0 Å². The minimum absolute atomic E-state index is 0.0786. The maximum atomic E-state index is 13.2. The molecule has 0 bridgehead atoms. The van der Waals surface area contributed by atoms with Crippen molar-refractivity contribution in [2.75, 3.05) is 0 Å². The van der Waals surface area contributed by atoms with Gasteiger partial charge in [-0.1, -0.05) is 0 Å². The molecule has 1 saturated heterocycles. The van der Waals surface area contributed by atoms with Gasteiger partial charge in [0.2, 0.25) is 0 Å². The average molecular weight is 383 g/mol. The summed E-state index contributed by atoms with van der Waals surface area (Å²) in [6.07, 6.45) is 3.40. The van der Waals surface area contributed by atoms with Crippen LogP contribution < -0.4 is 5.32 Å². The van der Waals surface area contributed by atoms with Gasteiger partial charge in [0.15, 0.2) is 5.11 Å². The molecule has 0 atom stereocenters. The zero-order valence-corrected chi connectivity index (χ0v) is 15.8. The summed E-state index contributed by atoms with van der Waals surface area (Å²) in [6, 6.07) is 8.18. The average Bonchev–Trinajstić information content (AvgIpc) is 3.39. The Balaban J connectivity index is 1.74. The van der Waals surface area contributed by atoms with Crippen molar-refractivity contribution in [3.8, 4) is 5.69 Å². The first kappa shape index (κ1) is 17.6. The Bertz CT molecular complexity index is 1000. The monoisotopic (exact) mass is 383 g/mol. The number of carbonyl (C=O) groups is 2. The van der Waals surface area contributed by atoms with E-state index < -0.39 is 5.91 Å². The molecule has 1 N–H and O–H groups in total. The zero-order chi connectivity index (χ0) is 19.3. The lowest BCUT2D eigenvalue weighted by molar-refractivity contribution is -0.129. The maximum Gasteiger partial charge on any atom is 0.265 e. The van der Waals surface area contributed by atoms with E-state index in [2.05, 4.69) is 5.32 Å². The summed E-state index contributed by atoms with van der Waals surface area (Å²) in [5.41, 5.74) is 3.44. The third kappa shape index (κ3) is 3.08. The van der Waals surface area contributed by atoms with Crippen LogP contribution in [-0.4, -0.2) is 32.4 Å². The molecule has 2 amide bonds. The molecule has 4 rings (SSSR count). The number of halogens is 1. The van der Waals surface area contributed by atoms with Crippen LogP contribution in [0.3, 0.4) is 0 Å². The van der Waals surface area contributed by atoms with Crippen LogP contribution in [0.15, 0.2) is 35.9 Å². The topological polar surface area (TPSA) is 54.3 Å². The van der Waals surface area contributed by atoms with Gasteiger partial charge in [0.25, 0.3) is 11.8 Å². The molecule has 2 fully saturated rings. The van der Waals surface area contributed by atoms with E-state index in [9.17, 15) is 14.0 Å². The van der Waals surface area contributed by atoms with Gasteiger partial charge in [-0.3, -0.25) is 19.8 Å². The summed E-state index contributed by atoms with van der Waals surface area (Å²) >= 11 is 5.15. The molecular weight excluding hydrogens is 365 g/mol. The second kappa shape index (κ2) is 6.42. The van der Waals surface area contributed by atoms with Gasteiger partial charge >= 0.3 is 0 Å². The van der Waals surface area contributed by atoms with Gasteiger partial charge in [-0.25, -0.2) is 4.39 Å². The van der Waals surface area contributed by atoms with Crippen molar-refractivity contribution in [3.63, 3.8) is 0 Å². The molecule has 1 saturated carbocycles. The number of amides is 2. The van der Waals surface area contributed by atoms with Crippen molar-refractivity contribution in [3.05, 3.63) is 58.7 Å². The van der Waals surface area contributed by atoms with E-state index >= 15 is 0 Å². The maximum absolute atomic E-state index is 13.2. The molecule has 0 radical (unpaired) electrons. The van der Waals surface area contributed by atoms with Gasteiger partial charge in [-0.2, -0.15) is 0 Å². The number of thiocarbonyl (C=S) groups is 1. The zero-order valence-electron chi connectivity index (χ0n) is 15.0. The Morgan fingerprint density at radius 2 is 1.85 bits per heavy atom. The van der Waals surface area contributed by atoms with Crippen molar-refractivity contribution >= 4 is 35.2 Å². The van der Waals surface area contributed by atoms with Crippen molar-refractivity contribution in [1.82, 2.24) is 14.8 Å². The van der Waals surface area contributed by atoms with Gasteiger partial charge in [-0.15, -0.1) is 0 Å². The first-order chi connectivity index (χ1) is 12.9. The Hall–Kier alpha value is -2.80. The van der Waals surface area contributed by atoms with E-state index in [1.807, 2.05) is 24.5 Å². The van der Waals surface area contributed by atoms with E-state index in [0.717, 1.165) is 35.5 Å². The molecule has 2 aliphatic rings. The van der Waals surface area contributed by atoms with Gasteiger partial charge in [0, 0.05) is 23.1 Å². The number of benzene rings is 1. The molecule has 27 heavy (non-hydrogen) atoms. The lowest BCUT2D eigenvalue weighted by Crippen LogP contribution is -2.54. The van der Waals surface area contributed by atoms with Crippen LogP contribution in [-0.2, 0) is 9.59 Å². The standard InChI is InChI=1S/C20H18FN3O2S/c1-11-9-13(12(2)23(11)15-5-3-14(21)4-6-15)10-17-18(25)22-20(27)24(19(17)26)16-7-8-16/h3-6,9-10,16H,7-8H2,1-2H3,(H,22,25,27)/b17-10+. The predicted octanol–water partition coefficient (Wildman–Crippen LogP) is 3.02. The Labute approximate surface area is 161 Å². The highest BCUT2D eigenvalue weighted by molar-refractivity contribution is 7.80. The quantitative estimate of drug-likeness (QED) is 0.504. The van der Waals surface area contributed by atoms with Gasteiger partial charge < -0.3 is 4.57 Å². The highest BCUT2D eigenvalue weighted by Gasteiger charge is 2.42. The molecule has 2 heterocycles. The summed E-state index contributed by atoms with van der Waals surface area (Å²) in [5.74, 6) is -1.13. The second-order valence-corrected chi connectivity index (χ2v) is 7.25. The van der Waals surface area contributed by atoms with Crippen LogP contribution >= 0.6 is 12.2 Å². The normalized spacial score (nSPS) is 19.0. The predicted molar refractivity (Wildman–Crippen MR) is 104 cm³/mol. The molecule has 1 aliphatic carbocycles. The fraction of sp³-hybridized carbons (Fsp3) is 0.250. The smallest absolute Gasteiger partial charge is 0.265 e. The second-order valence-electron chi connectivity index (χ2n) is 6.86. The number of rotatable bonds is 3. The number of aryl methyl sites for hydroxylation is 1. The fourth-order valence-corrected chi connectivity index (χ4v) is 3.74. The lowest BCUT2D eigenvalue weighted by atomic mass is 10.1. The van der Waals surface area contributed by atoms with E-state index in [4.69, 9.17) is 12.2 Å². The molecule has 5 nitrogen and oxygen atoms in total. The summed E-state index contributed by atoms with van der Waals surface area (Å²) in [7, 11) is 0. The van der Waals surface area contributed by atoms with Crippen LogP contribution in [0.25, 0.3) is 11.8 Å². The molecule has 2 aromatic rings. The summed E-state index contributed by atoms with van der Waals surface area (Å²) in [5, 5.41) is 2.79. The molecule has 7 heteroatoms. The summed E-state index contributed by atoms with van der Waals surface area (Å²) in [6.45, 7) is 3.82. The lowest BCUT2D eigenvalue weighted by Gasteiger charge is -2.28. The largest absolute Gasteiger partial charge is 0.318 e. The van der Waals surface area contributed by atoms with Crippen LogP contribution in [0.5, 0.6) is 0 Å². The molecule has 1 aliphatic heterocycles. The van der Waals surface area contributed by atoms with Crippen molar-refractivity contribution in [1.29, 1.82) is 0 Å². The number of hydrogen-bond acceptors (Lipinski definition) is 3. The number of hydrogen-bond donors (Lipinski definition) is 1. The summed E-state index contributed by atoms with van der Waals surface area (Å²) in [4.78, 5) is 26.7. The van der Waals surface area contributed by atoms with Crippen LogP contribution in [0.4, 0.5) is 4.39 Å². The number of aromatic nitrogens is 1. The molecule has 1 aromatic heterocycles. The molecule has 0 spiro atoms. The third-order valence-electron chi connectivity index (χ3n) is 4.90. The Morgan fingerprint density at radius 1 is 1.19 bits per heavy atom. The van der Waals surface area contributed by atoms with Crippen molar-refractivity contribution in [2.45, 2.75) is 32.7 Å². The number of nitrogens with one attached hydrogen (secondary N) is 1. The first-order valence-electron chi connectivity index (χ1n) is 8.72. The molecular formula is C20H18FN3O2S. The van der Waals surface area contributed by atoms with E-state index in [-0.39, 0.29) is 28.5 Å². The van der Waals surface area contributed by atoms with Crippen LogP contribution in [0, 0.1) is 19.7 Å². The Kier molecular flexibility index (Phi) is 4.19. The van der Waals surface area contributed by atoms with Crippen LogP contribution in [0.1, 0.15) is 29.8 Å². The van der Waals surface area contributed by atoms with E-state index in [1.165, 1.54) is 17.0 Å². The minimum Gasteiger partial charge on any atom is -0.318 e. The highest BCUT2D eigenvalue weighted by atomic mass is 32.1. The van der Waals surface area contributed by atoms with Gasteiger partial charge in [0.1, 0.15) is 11.4 Å². The number of carbonyl (C=O) groups excluding carboxylic acids is 2. The summed E-state index contributed by atoms with van der Waals surface area (Å²) < 4.78 is 15.2. The fourth-order valence-electron chi connectivity index (χ4n) is 3.41. The number of nitrogens with zero attached hydrogens (tertiary/aromatic N) is 2. The third-order valence-corrected chi connectivity index (χ3v) is 5.20.